The Morgan fingerprint density at radius 2 is 2.18 bits per heavy atom. The van der Waals surface area contributed by atoms with Crippen molar-refractivity contribution >= 4 is 22.9 Å². The predicted molar refractivity (Wildman–Crippen MR) is 73.8 cm³/mol. The molecule has 1 aliphatic carbocycles. The summed E-state index contributed by atoms with van der Waals surface area (Å²) in [5, 5.41) is 15.9. The molecule has 2 rings (SSSR count). The van der Waals surface area contributed by atoms with Crippen LogP contribution in [0.2, 0.25) is 4.34 Å². The zero-order chi connectivity index (χ0) is 12.3. The van der Waals surface area contributed by atoms with E-state index in [9.17, 15) is 5.11 Å². The van der Waals surface area contributed by atoms with E-state index < -0.39 is 5.60 Å². The first-order valence-electron chi connectivity index (χ1n) is 6.29. The van der Waals surface area contributed by atoms with Crippen molar-refractivity contribution in [2.45, 2.75) is 50.7 Å². The molecule has 1 aliphatic rings. The van der Waals surface area contributed by atoms with Crippen molar-refractivity contribution in [2.24, 2.45) is 0 Å². The second-order valence-corrected chi connectivity index (χ2v) is 6.61. The second-order valence-electron chi connectivity index (χ2n) is 5.07. The Kier molecular flexibility index (Phi) is 4.47. The Hall–Kier alpha value is -0.0900. The quantitative estimate of drug-likeness (QED) is 0.876. The Bertz CT molecular complexity index is 360. The monoisotopic (exact) mass is 273 g/mol. The van der Waals surface area contributed by atoms with E-state index in [2.05, 4.69) is 17.6 Å². The first-order valence-corrected chi connectivity index (χ1v) is 7.54. The molecule has 4 heteroatoms. The maximum absolute atomic E-state index is 10.4. The molecule has 0 spiro atoms. The molecule has 1 saturated carbocycles. The van der Waals surface area contributed by atoms with Gasteiger partial charge in [0.25, 0.3) is 0 Å². The summed E-state index contributed by atoms with van der Waals surface area (Å²) in [6.45, 7) is 2.80. The zero-order valence-corrected chi connectivity index (χ0v) is 11.8. The average Bonchev–Trinajstić information content (AvgIpc) is 2.74. The molecule has 2 nitrogen and oxygen atoms in total. The molecule has 0 aromatic carbocycles. The van der Waals surface area contributed by atoms with Gasteiger partial charge in [-0.15, -0.1) is 11.3 Å². The normalized spacial score (nSPS) is 21.4. The van der Waals surface area contributed by atoms with Crippen LogP contribution in [0.15, 0.2) is 11.4 Å². The van der Waals surface area contributed by atoms with E-state index in [0.29, 0.717) is 6.54 Å². The topological polar surface area (TPSA) is 32.3 Å². The van der Waals surface area contributed by atoms with Gasteiger partial charge in [-0.1, -0.05) is 30.9 Å². The van der Waals surface area contributed by atoms with Gasteiger partial charge in [-0.25, -0.2) is 0 Å². The molecular weight excluding hydrogens is 254 g/mol. The molecule has 1 unspecified atom stereocenters. The number of rotatable bonds is 4. The van der Waals surface area contributed by atoms with Crippen LogP contribution in [0.25, 0.3) is 0 Å². The van der Waals surface area contributed by atoms with E-state index in [1.807, 2.05) is 6.07 Å². The minimum absolute atomic E-state index is 0.254. The zero-order valence-electron chi connectivity index (χ0n) is 10.2. The van der Waals surface area contributed by atoms with Crippen LogP contribution in [-0.2, 0) is 0 Å². The highest BCUT2D eigenvalue weighted by atomic mass is 35.5. The summed E-state index contributed by atoms with van der Waals surface area (Å²) in [4.78, 5) is 0. The van der Waals surface area contributed by atoms with Gasteiger partial charge < -0.3 is 10.4 Å². The summed E-state index contributed by atoms with van der Waals surface area (Å²) in [6.07, 6.45) is 5.42. The van der Waals surface area contributed by atoms with Crippen LogP contribution in [0.4, 0.5) is 0 Å². The Morgan fingerprint density at radius 3 is 2.76 bits per heavy atom. The van der Waals surface area contributed by atoms with Crippen LogP contribution in [0.1, 0.15) is 50.6 Å². The van der Waals surface area contributed by atoms with Gasteiger partial charge in [0.1, 0.15) is 0 Å². The molecule has 1 fully saturated rings. The number of halogens is 1. The largest absolute Gasteiger partial charge is 0.389 e. The van der Waals surface area contributed by atoms with E-state index in [1.165, 1.54) is 12.0 Å². The maximum Gasteiger partial charge on any atom is 0.0931 e. The van der Waals surface area contributed by atoms with E-state index in [4.69, 9.17) is 11.6 Å². The number of hydrogen-bond donors (Lipinski definition) is 2. The van der Waals surface area contributed by atoms with Gasteiger partial charge in [-0.2, -0.15) is 0 Å². The molecule has 0 aliphatic heterocycles. The first-order chi connectivity index (χ1) is 8.09. The predicted octanol–water partition coefficient (Wildman–Crippen LogP) is 3.75. The highest BCUT2D eigenvalue weighted by Crippen LogP contribution is 2.29. The Labute approximate surface area is 112 Å². The van der Waals surface area contributed by atoms with Gasteiger partial charge >= 0.3 is 0 Å². The number of thiophene rings is 1. The lowest BCUT2D eigenvalue weighted by molar-refractivity contribution is 0.00301. The Balaban J connectivity index is 1.85. The fourth-order valence-electron chi connectivity index (χ4n) is 2.40. The minimum atomic E-state index is -0.494. The molecule has 0 amide bonds. The molecule has 2 N–H and O–H groups in total. The molecule has 1 aromatic rings. The molecule has 1 atom stereocenters. The van der Waals surface area contributed by atoms with E-state index in [0.717, 1.165) is 30.0 Å². The summed E-state index contributed by atoms with van der Waals surface area (Å²) < 4.78 is 0.824. The van der Waals surface area contributed by atoms with Crippen molar-refractivity contribution < 1.29 is 5.11 Å². The third kappa shape index (κ3) is 3.68. The number of aliphatic hydroxyl groups is 1. The molecular formula is C13H20ClNOS. The smallest absolute Gasteiger partial charge is 0.0931 e. The summed E-state index contributed by atoms with van der Waals surface area (Å²) in [5.74, 6) is 0. The number of hydrogen-bond acceptors (Lipinski definition) is 3. The summed E-state index contributed by atoms with van der Waals surface area (Å²) in [7, 11) is 0. The lowest BCUT2D eigenvalue weighted by Crippen LogP contribution is -2.42. The van der Waals surface area contributed by atoms with Crippen molar-refractivity contribution in [2.75, 3.05) is 6.54 Å². The number of nitrogens with one attached hydrogen (secondary N) is 1. The van der Waals surface area contributed by atoms with Gasteiger partial charge in [0.2, 0.25) is 0 Å². The lowest BCUT2D eigenvalue weighted by Gasteiger charge is -2.33. The maximum atomic E-state index is 10.4. The van der Waals surface area contributed by atoms with Crippen LogP contribution in [0, 0.1) is 0 Å². The molecule has 1 heterocycles. The highest BCUT2D eigenvalue weighted by Gasteiger charge is 2.29. The molecule has 0 radical (unpaired) electrons. The molecule has 0 saturated heterocycles. The van der Waals surface area contributed by atoms with Crippen molar-refractivity contribution in [3.05, 3.63) is 21.3 Å². The van der Waals surface area contributed by atoms with Gasteiger partial charge in [0.15, 0.2) is 0 Å². The van der Waals surface area contributed by atoms with Crippen LogP contribution in [0.5, 0.6) is 0 Å². The average molecular weight is 274 g/mol. The summed E-state index contributed by atoms with van der Waals surface area (Å²) in [5.41, 5.74) is 0.714. The Morgan fingerprint density at radius 1 is 1.47 bits per heavy atom. The van der Waals surface area contributed by atoms with Gasteiger partial charge in [0.05, 0.1) is 9.94 Å². The fourth-order valence-corrected chi connectivity index (χ4v) is 3.38. The summed E-state index contributed by atoms with van der Waals surface area (Å²) in [6, 6.07) is 2.25. The third-order valence-corrected chi connectivity index (χ3v) is 4.72. The molecule has 17 heavy (non-hydrogen) atoms. The van der Waals surface area contributed by atoms with Crippen molar-refractivity contribution in [3.63, 3.8) is 0 Å². The van der Waals surface area contributed by atoms with Crippen molar-refractivity contribution in [1.29, 1.82) is 0 Å². The van der Waals surface area contributed by atoms with Crippen LogP contribution in [-0.4, -0.2) is 17.3 Å². The van der Waals surface area contributed by atoms with Crippen LogP contribution < -0.4 is 5.32 Å². The molecule has 0 bridgehead atoms. The third-order valence-electron chi connectivity index (χ3n) is 3.61. The van der Waals surface area contributed by atoms with Gasteiger partial charge in [-0.3, -0.25) is 0 Å². The van der Waals surface area contributed by atoms with E-state index >= 15 is 0 Å². The van der Waals surface area contributed by atoms with E-state index in [1.54, 1.807) is 11.3 Å². The van der Waals surface area contributed by atoms with Gasteiger partial charge in [-0.05, 0) is 36.8 Å². The van der Waals surface area contributed by atoms with Gasteiger partial charge in [0, 0.05) is 12.6 Å². The van der Waals surface area contributed by atoms with Crippen molar-refractivity contribution in [1.82, 2.24) is 5.32 Å². The van der Waals surface area contributed by atoms with E-state index in [-0.39, 0.29) is 6.04 Å². The first kappa shape index (κ1) is 13.3. The lowest BCUT2D eigenvalue weighted by atomic mass is 9.84. The molecule has 96 valence electrons. The highest BCUT2D eigenvalue weighted by molar-refractivity contribution is 7.14. The molecule has 1 aromatic heterocycles. The van der Waals surface area contributed by atoms with Crippen molar-refractivity contribution in [3.8, 4) is 0 Å². The SMILES string of the molecule is CC(NCC1(O)CCCCC1)c1csc(Cl)c1. The standard InChI is InChI=1S/C13H20ClNOS/c1-10(11-7-12(14)17-8-11)15-9-13(16)5-3-2-4-6-13/h7-8,10,15-16H,2-6,9H2,1H3. The second kappa shape index (κ2) is 5.70. The van der Waals surface area contributed by atoms with Crippen LogP contribution >= 0.6 is 22.9 Å². The minimum Gasteiger partial charge on any atom is -0.389 e. The van der Waals surface area contributed by atoms with Crippen LogP contribution in [0.3, 0.4) is 0 Å². The fraction of sp³-hybridized carbons (Fsp3) is 0.692. The summed E-state index contributed by atoms with van der Waals surface area (Å²) >= 11 is 7.48.